The molecule has 0 bridgehead atoms. The van der Waals surface area contributed by atoms with E-state index in [9.17, 15) is 9.36 Å². The molecule has 16 heavy (non-hydrogen) atoms. The molecular weight excluding hydrogens is 231 g/mol. The van der Waals surface area contributed by atoms with Crippen LogP contribution in [0.5, 0.6) is 0 Å². The molecule has 1 aliphatic heterocycles. The summed E-state index contributed by atoms with van der Waals surface area (Å²) in [6, 6.07) is 0. The fraction of sp³-hybridized carbons (Fsp3) is 0.500. The Bertz CT molecular complexity index is 309. The smallest absolute Gasteiger partial charge is 0.345 e. The summed E-state index contributed by atoms with van der Waals surface area (Å²) in [5.41, 5.74) is -0.826. The number of cyclic esters (lactones) is 1. The van der Waals surface area contributed by atoms with Crippen LogP contribution in [0.25, 0.3) is 0 Å². The van der Waals surface area contributed by atoms with Crippen molar-refractivity contribution in [3.05, 3.63) is 25.3 Å². The van der Waals surface area contributed by atoms with Gasteiger partial charge >= 0.3 is 13.6 Å². The standard InChI is InChI=1S/C10H15O5P/c1-3-6-14-16(12,15-7-4-2)9-5-8-13-10(9)11/h3-4,9H,1-2,5-8H2. The summed E-state index contributed by atoms with van der Waals surface area (Å²) in [4.78, 5) is 11.3. The van der Waals surface area contributed by atoms with Gasteiger partial charge in [-0.3, -0.25) is 9.36 Å². The summed E-state index contributed by atoms with van der Waals surface area (Å²) in [7, 11) is -3.47. The molecule has 1 heterocycles. The van der Waals surface area contributed by atoms with Crippen molar-refractivity contribution in [2.45, 2.75) is 12.1 Å². The Kier molecular flexibility index (Phi) is 4.93. The predicted octanol–water partition coefficient (Wildman–Crippen LogP) is 1.90. The van der Waals surface area contributed by atoms with E-state index >= 15 is 0 Å². The molecule has 0 amide bonds. The topological polar surface area (TPSA) is 61.8 Å². The summed E-state index contributed by atoms with van der Waals surface area (Å²) >= 11 is 0. The predicted molar refractivity (Wildman–Crippen MR) is 59.3 cm³/mol. The van der Waals surface area contributed by atoms with Crippen molar-refractivity contribution in [2.75, 3.05) is 19.8 Å². The van der Waals surface area contributed by atoms with Gasteiger partial charge in [-0.15, -0.1) is 13.2 Å². The average Bonchev–Trinajstić information content (AvgIpc) is 2.71. The number of hydrogen-bond donors (Lipinski definition) is 0. The lowest BCUT2D eigenvalue weighted by atomic mass is 10.4. The second kappa shape index (κ2) is 5.99. The first-order valence-corrected chi connectivity index (χ1v) is 6.52. The van der Waals surface area contributed by atoms with E-state index in [0.29, 0.717) is 6.42 Å². The Morgan fingerprint density at radius 3 is 2.31 bits per heavy atom. The Labute approximate surface area is 94.6 Å². The van der Waals surface area contributed by atoms with Crippen LogP contribution in [0.4, 0.5) is 0 Å². The third kappa shape index (κ3) is 3.04. The summed E-state index contributed by atoms with van der Waals surface area (Å²) in [6.07, 6.45) is 3.25. The highest BCUT2D eigenvalue weighted by molar-refractivity contribution is 7.55. The fourth-order valence-electron chi connectivity index (χ4n) is 1.30. The van der Waals surface area contributed by atoms with Crippen molar-refractivity contribution in [1.82, 2.24) is 0 Å². The van der Waals surface area contributed by atoms with Crippen LogP contribution in [0, 0.1) is 0 Å². The lowest BCUT2D eigenvalue weighted by Crippen LogP contribution is -2.18. The molecule has 0 aromatic heterocycles. The molecule has 0 saturated carbocycles. The maximum Gasteiger partial charge on any atom is 0.345 e. The van der Waals surface area contributed by atoms with Gasteiger partial charge in [0.15, 0.2) is 5.66 Å². The first-order chi connectivity index (χ1) is 7.64. The lowest BCUT2D eigenvalue weighted by Gasteiger charge is -2.20. The highest BCUT2D eigenvalue weighted by atomic mass is 31.2. The first-order valence-electron chi connectivity index (χ1n) is 4.91. The molecule has 1 fully saturated rings. The van der Waals surface area contributed by atoms with Crippen molar-refractivity contribution in [2.24, 2.45) is 0 Å². The lowest BCUT2D eigenvalue weighted by molar-refractivity contribution is -0.137. The maximum atomic E-state index is 12.3. The van der Waals surface area contributed by atoms with Crippen LogP contribution < -0.4 is 0 Å². The third-order valence-electron chi connectivity index (χ3n) is 2.03. The van der Waals surface area contributed by atoms with Crippen molar-refractivity contribution in [3.8, 4) is 0 Å². The zero-order chi connectivity index (χ0) is 12.0. The zero-order valence-electron chi connectivity index (χ0n) is 8.96. The molecule has 0 aliphatic carbocycles. The number of carbonyl (C=O) groups excluding carboxylic acids is 1. The van der Waals surface area contributed by atoms with E-state index in [1.54, 1.807) is 0 Å². The molecule has 5 nitrogen and oxygen atoms in total. The largest absolute Gasteiger partial charge is 0.465 e. The van der Waals surface area contributed by atoms with Gasteiger partial charge in [0.05, 0.1) is 19.8 Å². The summed E-state index contributed by atoms with van der Waals surface area (Å²) in [6.45, 7) is 7.29. The summed E-state index contributed by atoms with van der Waals surface area (Å²) in [5, 5.41) is 0. The van der Waals surface area contributed by atoms with Crippen LogP contribution in [-0.2, 0) is 23.1 Å². The second-order valence-electron chi connectivity index (χ2n) is 3.18. The highest BCUT2D eigenvalue weighted by Crippen LogP contribution is 2.55. The van der Waals surface area contributed by atoms with E-state index in [2.05, 4.69) is 13.2 Å². The number of ether oxygens (including phenoxy) is 1. The highest BCUT2D eigenvalue weighted by Gasteiger charge is 2.45. The van der Waals surface area contributed by atoms with Crippen LogP contribution >= 0.6 is 7.60 Å². The van der Waals surface area contributed by atoms with Gasteiger partial charge in [-0.2, -0.15) is 0 Å². The normalized spacial score (nSPS) is 20.5. The van der Waals surface area contributed by atoms with Gasteiger partial charge in [0.1, 0.15) is 0 Å². The quantitative estimate of drug-likeness (QED) is 0.390. The number of rotatable bonds is 7. The van der Waals surface area contributed by atoms with Crippen LogP contribution in [-0.4, -0.2) is 31.4 Å². The van der Waals surface area contributed by atoms with Gasteiger partial charge < -0.3 is 13.8 Å². The minimum Gasteiger partial charge on any atom is -0.465 e. The molecule has 0 spiro atoms. The first kappa shape index (κ1) is 13.2. The van der Waals surface area contributed by atoms with Crippen molar-refractivity contribution in [1.29, 1.82) is 0 Å². The SMILES string of the molecule is C=CCOP(=O)(OCC=C)C1CCOC1=O. The molecule has 0 radical (unpaired) electrons. The van der Waals surface area contributed by atoms with Gasteiger partial charge in [0.2, 0.25) is 0 Å². The molecule has 0 aromatic rings. The van der Waals surface area contributed by atoms with E-state index in [1.165, 1.54) is 12.2 Å². The van der Waals surface area contributed by atoms with Crippen molar-refractivity contribution >= 4 is 13.6 Å². The third-order valence-corrected chi connectivity index (χ3v) is 4.28. The molecule has 0 N–H and O–H groups in total. The summed E-state index contributed by atoms with van der Waals surface area (Å²) < 4.78 is 27.3. The van der Waals surface area contributed by atoms with E-state index in [-0.39, 0.29) is 19.8 Å². The van der Waals surface area contributed by atoms with Gasteiger partial charge in [-0.1, -0.05) is 12.2 Å². The van der Waals surface area contributed by atoms with E-state index in [4.69, 9.17) is 13.8 Å². The van der Waals surface area contributed by atoms with Crippen LogP contribution in [0.15, 0.2) is 25.3 Å². The minimum atomic E-state index is -3.47. The van der Waals surface area contributed by atoms with Gasteiger partial charge in [0.25, 0.3) is 0 Å². The van der Waals surface area contributed by atoms with E-state index in [1.807, 2.05) is 0 Å². The molecule has 1 atom stereocenters. The molecule has 1 rings (SSSR count). The Morgan fingerprint density at radius 2 is 1.94 bits per heavy atom. The van der Waals surface area contributed by atoms with E-state index in [0.717, 1.165) is 0 Å². The molecule has 1 aliphatic rings. The molecule has 1 saturated heterocycles. The molecule has 90 valence electrons. The van der Waals surface area contributed by atoms with Gasteiger partial charge in [0, 0.05) is 6.42 Å². The van der Waals surface area contributed by atoms with Crippen LogP contribution in [0.2, 0.25) is 0 Å². The monoisotopic (exact) mass is 246 g/mol. The van der Waals surface area contributed by atoms with Gasteiger partial charge in [-0.05, 0) is 0 Å². The van der Waals surface area contributed by atoms with Crippen molar-refractivity contribution in [3.63, 3.8) is 0 Å². The molecule has 6 heteroatoms. The number of carbonyl (C=O) groups is 1. The van der Waals surface area contributed by atoms with Gasteiger partial charge in [-0.25, -0.2) is 0 Å². The Morgan fingerprint density at radius 1 is 1.38 bits per heavy atom. The van der Waals surface area contributed by atoms with Crippen LogP contribution in [0.3, 0.4) is 0 Å². The van der Waals surface area contributed by atoms with E-state index < -0.39 is 19.2 Å². The Hall–Kier alpha value is -0.900. The zero-order valence-corrected chi connectivity index (χ0v) is 9.86. The minimum absolute atomic E-state index is 0.0677. The molecular formula is C10H15O5P. The fourth-order valence-corrected chi connectivity index (χ4v) is 3.12. The Balaban J connectivity index is 2.75. The maximum absolute atomic E-state index is 12.3. The summed E-state index contributed by atoms with van der Waals surface area (Å²) in [5.74, 6) is -0.531. The molecule has 1 unspecified atom stereocenters. The number of hydrogen-bond acceptors (Lipinski definition) is 5. The molecule has 0 aromatic carbocycles. The average molecular weight is 246 g/mol. The number of esters is 1. The van der Waals surface area contributed by atoms with Crippen molar-refractivity contribution < 1.29 is 23.1 Å². The second-order valence-corrected chi connectivity index (χ2v) is 5.40. The van der Waals surface area contributed by atoms with Crippen LogP contribution in [0.1, 0.15) is 6.42 Å².